The first-order chi connectivity index (χ1) is 9.27. The lowest BCUT2D eigenvalue weighted by atomic mass is 10.3. The maximum absolute atomic E-state index is 6.02. The maximum Gasteiger partial charge on any atom is 0.0850 e. The highest BCUT2D eigenvalue weighted by molar-refractivity contribution is 6.33. The highest BCUT2D eigenvalue weighted by Gasteiger charge is 1.99. The second-order valence-electron chi connectivity index (χ2n) is 3.49. The molecule has 0 amide bonds. The van der Waals surface area contributed by atoms with Gasteiger partial charge in [-0.2, -0.15) is 0 Å². The molecule has 2 aromatic carbocycles. The number of para-hydroxylation sites is 2. The van der Waals surface area contributed by atoms with E-state index in [1.54, 1.807) is 0 Å². The molecule has 2 aromatic rings. The smallest absolute Gasteiger partial charge is 0.0850 e. The SMILES string of the molecule is C=C.Clc1ccccc1NCNc1ccccc1Cl. The summed E-state index contributed by atoms with van der Waals surface area (Å²) in [5, 5.41) is 7.78. The van der Waals surface area contributed by atoms with Gasteiger partial charge >= 0.3 is 0 Å². The lowest BCUT2D eigenvalue weighted by Crippen LogP contribution is -2.12. The molecular weight excluding hydrogens is 279 g/mol. The summed E-state index contributed by atoms with van der Waals surface area (Å²) in [6.07, 6.45) is 0. The number of halogens is 2. The van der Waals surface area contributed by atoms with E-state index >= 15 is 0 Å². The Balaban J connectivity index is 0.000000861. The van der Waals surface area contributed by atoms with Gasteiger partial charge in [0, 0.05) is 0 Å². The van der Waals surface area contributed by atoms with Crippen LogP contribution >= 0.6 is 23.2 Å². The van der Waals surface area contributed by atoms with Gasteiger partial charge in [-0.05, 0) is 24.3 Å². The summed E-state index contributed by atoms with van der Waals surface area (Å²) in [6.45, 7) is 6.56. The molecule has 2 N–H and O–H groups in total. The minimum absolute atomic E-state index is 0.563. The average Bonchev–Trinajstić information content (AvgIpc) is 2.45. The van der Waals surface area contributed by atoms with Gasteiger partial charge in [-0.3, -0.25) is 0 Å². The second-order valence-corrected chi connectivity index (χ2v) is 4.30. The van der Waals surface area contributed by atoms with Crippen molar-refractivity contribution >= 4 is 34.6 Å². The quantitative estimate of drug-likeness (QED) is 0.592. The van der Waals surface area contributed by atoms with Gasteiger partial charge in [0.2, 0.25) is 0 Å². The summed E-state index contributed by atoms with van der Waals surface area (Å²) in [6, 6.07) is 15.2. The van der Waals surface area contributed by atoms with Crippen molar-refractivity contribution in [1.29, 1.82) is 0 Å². The van der Waals surface area contributed by atoms with Gasteiger partial charge in [-0.15, -0.1) is 13.2 Å². The third-order valence-electron chi connectivity index (χ3n) is 2.31. The Labute approximate surface area is 124 Å². The first-order valence-electron chi connectivity index (χ1n) is 5.74. The van der Waals surface area contributed by atoms with Crippen LogP contribution in [0.15, 0.2) is 61.7 Å². The Hall–Kier alpha value is -1.64. The summed E-state index contributed by atoms with van der Waals surface area (Å²) >= 11 is 12.0. The molecule has 0 fully saturated rings. The molecule has 2 rings (SSSR count). The van der Waals surface area contributed by atoms with Crippen LogP contribution in [0.4, 0.5) is 11.4 Å². The summed E-state index contributed by atoms with van der Waals surface area (Å²) in [5.74, 6) is 0. The van der Waals surface area contributed by atoms with Crippen molar-refractivity contribution < 1.29 is 0 Å². The van der Waals surface area contributed by atoms with E-state index < -0.39 is 0 Å². The van der Waals surface area contributed by atoms with E-state index in [9.17, 15) is 0 Å². The Morgan fingerprint density at radius 2 is 1.11 bits per heavy atom. The van der Waals surface area contributed by atoms with Crippen LogP contribution in [0.5, 0.6) is 0 Å². The Kier molecular flexibility index (Phi) is 6.86. The summed E-state index contributed by atoms with van der Waals surface area (Å²) < 4.78 is 0. The molecule has 0 unspecified atom stereocenters. The molecular formula is C15H16Cl2N2. The van der Waals surface area contributed by atoms with Crippen LogP contribution in [-0.2, 0) is 0 Å². The van der Waals surface area contributed by atoms with Crippen LogP contribution in [0.25, 0.3) is 0 Å². The Morgan fingerprint density at radius 1 is 0.737 bits per heavy atom. The second kappa shape index (κ2) is 8.46. The molecule has 0 aliphatic heterocycles. The summed E-state index contributed by atoms with van der Waals surface area (Å²) in [5.41, 5.74) is 1.79. The van der Waals surface area contributed by atoms with Crippen molar-refractivity contribution in [2.24, 2.45) is 0 Å². The van der Waals surface area contributed by atoms with Gasteiger partial charge in [0.05, 0.1) is 28.1 Å². The highest BCUT2D eigenvalue weighted by Crippen LogP contribution is 2.22. The lowest BCUT2D eigenvalue weighted by Gasteiger charge is -2.11. The minimum Gasteiger partial charge on any atom is -0.367 e. The van der Waals surface area contributed by atoms with E-state index in [4.69, 9.17) is 23.2 Å². The molecule has 0 saturated carbocycles. The Bertz CT molecular complexity index is 470. The van der Waals surface area contributed by atoms with Gasteiger partial charge in [0.25, 0.3) is 0 Å². The van der Waals surface area contributed by atoms with Crippen LogP contribution in [-0.4, -0.2) is 6.67 Å². The van der Waals surface area contributed by atoms with Gasteiger partial charge in [-0.25, -0.2) is 0 Å². The number of rotatable bonds is 4. The molecule has 4 heteroatoms. The zero-order valence-electron chi connectivity index (χ0n) is 10.5. The predicted octanol–water partition coefficient (Wildman–Crippen LogP) is 5.28. The molecule has 0 saturated heterocycles. The Morgan fingerprint density at radius 3 is 1.47 bits per heavy atom. The number of hydrogen-bond donors (Lipinski definition) is 2. The third-order valence-corrected chi connectivity index (χ3v) is 2.96. The van der Waals surface area contributed by atoms with Gasteiger partial charge in [0.15, 0.2) is 0 Å². The average molecular weight is 295 g/mol. The van der Waals surface area contributed by atoms with E-state index in [0.717, 1.165) is 11.4 Å². The topological polar surface area (TPSA) is 24.1 Å². The molecule has 100 valence electrons. The van der Waals surface area contributed by atoms with Crippen LogP contribution in [0.1, 0.15) is 0 Å². The van der Waals surface area contributed by atoms with Crippen LogP contribution in [0.2, 0.25) is 10.0 Å². The van der Waals surface area contributed by atoms with Gasteiger partial charge in [-0.1, -0.05) is 47.5 Å². The molecule has 19 heavy (non-hydrogen) atoms. The fourth-order valence-electron chi connectivity index (χ4n) is 1.44. The molecule has 0 atom stereocenters. The van der Waals surface area contributed by atoms with Crippen molar-refractivity contribution in [2.45, 2.75) is 0 Å². The summed E-state index contributed by atoms with van der Waals surface area (Å²) in [4.78, 5) is 0. The van der Waals surface area contributed by atoms with Crippen molar-refractivity contribution in [3.63, 3.8) is 0 Å². The van der Waals surface area contributed by atoms with Crippen molar-refractivity contribution in [1.82, 2.24) is 0 Å². The van der Waals surface area contributed by atoms with Crippen LogP contribution < -0.4 is 10.6 Å². The molecule has 0 aliphatic rings. The zero-order valence-corrected chi connectivity index (χ0v) is 12.0. The normalized spacial score (nSPS) is 9.16. The molecule has 0 aromatic heterocycles. The van der Waals surface area contributed by atoms with Crippen molar-refractivity contribution in [2.75, 3.05) is 17.3 Å². The minimum atomic E-state index is 0.563. The zero-order chi connectivity index (χ0) is 14.1. The predicted molar refractivity (Wildman–Crippen MR) is 86.3 cm³/mol. The van der Waals surface area contributed by atoms with Crippen molar-refractivity contribution in [3.8, 4) is 0 Å². The molecule has 0 aliphatic carbocycles. The van der Waals surface area contributed by atoms with Gasteiger partial charge < -0.3 is 10.6 Å². The third kappa shape index (κ3) is 4.86. The van der Waals surface area contributed by atoms with Crippen LogP contribution in [0.3, 0.4) is 0 Å². The molecule has 0 bridgehead atoms. The monoisotopic (exact) mass is 294 g/mol. The lowest BCUT2D eigenvalue weighted by molar-refractivity contribution is 1.22. The van der Waals surface area contributed by atoms with E-state index in [2.05, 4.69) is 23.8 Å². The molecule has 0 heterocycles. The highest BCUT2D eigenvalue weighted by atomic mass is 35.5. The van der Waals surface area contributed by atoms with E-state index in [1.165, 1.54) is 0 Å². The van der Waals surface area contributed by atoms with E-state index in [1.807, 2.05) is 48.5 Å². The van der Waals surface area contributed by atoms with E-state index in [-0.39, 0.29) is 0 Å². The molecule has 0 spiro atoms. The number of hydrogen-bond acceptors (Lipinski definition) is 2. The molecule has 0 radical (unpaired) electrons. The standard InChI is InChI=1S/C13H12Cl2N2.C2H4/c14-10-5-1-3-7-12(10)16-9-17-13-8-4-2-6-11(13)15;1-2/h1-8,16-17H,9H2;1-2H2. The van der Waals surface area contributed by atoms with Crippen LogP contribution in [0, 0.1) is 0 Å². The largest absolute Gasteiger partial charge is 0.367 e. The van der Waals surface area contributed by atoms with Gasteiger partial charge in [0.1, 0.15) is 0 Å². The first kappa shape index (κ1) is 15.4. The van der Waals surface area contributed by atoms with Crippen molar-refractivity contribution in [3.05, 3.63) is 71.7 Å². The first-order valence-corrected chi connectivity index (χ1v) is 6.50. The fourth-order valence-corrected chi connectivity index (χ4v) is 1.85. The number of anilines is 2. The number of nitrogens with one attached hydrogen (secondary N) is 2. The molecule has 2 nitrogen and oxygen atoms in total. The van der Waals surface area contributed by atoms with E-state index in [0.29, 0.717) is 16.7 Å². The fraction of sp³-hybridized carbons (Fsp3) is 0.0667. The summed E-state index contributed by atoms with van der Waals surface area (Å²) in [7, 11) is 0. The number of benzene rings is 2. The maximum atomic E-state index is 6.02.